The first kappa shape index (κ1) is 25.5. The van der Waals surface area contributed by atoms with Gasteiger partial charge in [0.25, 0.3) is 0 Å². The molecule has 0 bridgehead atoms. The van der Waals surface area contributed by atoms with Gasteiger partial charge in [0, 0.05) is 57.4 Å². The Labute approximate surface area is 193 Å². The van der Waals surface area contributed by atoms with Crippen LogP contribution in [0.2, 0.25) is 5.02 Å². The van der Waals surface area contributed by atoms with Crippen molar-refractivity contribution in [2.24, 2.45) is 10.9 Å². The van der Waals surface area contributed by atoms with E-state index < -0.39 is 0 Å². The van der Waals surface area contributed by atoms with Crippen molar-refractivity contribution in [3.05, 3.63) is 34.9 Å². The third kappa shape index (κ3) is 9.76. The number of nitrogens with one attached hydrogen (secondary N) is 2. The lowest BCUT2D eigenvalue weighted by Crippen LogP contribution is -2.47. The molecule has 0 spiro atoms. The van der Waals surface area contributed by atoms with E-state index in [4.69, 9.17) is 16.6 Å². The topological polar surface area (TPSA) is 42.9 Å². The zero-order valence-electron chi connectivity index (χ0n) is 17.6. The van der Waals surface area contributed by atoms with Gasteiger partial charge in [0.2, 0.25) is 0 Å². The number of hydrogen-bond acceptors (Lipinski definition) is 3. The summed E-state index contributed by atoms with van der Waals surface area (Å²) in [7, 11) is 0. The molecule has 1 aromatic rings. The molecule has 160 valence electrons. The van der Waals surface area contributed by atoms with E-state index in [2.05, 4.69) is 53.3 Å². The van der Waals surface area contributed by atoms with E-state index in [1.165, 1.54) is 38.3 Å². The molecule has 5 nitrogen and oxygen atoms in total. The number of guanidine groups is 1. The van der Waals surface area contributed by atoms with Crippen molar-refractivity contribution in [2.75, 3.05) is 58.9 Å². The number of hydrogen-bond donors (Lipinski definition) is 2. The summed E-state index contributed by atoms with van der Waals surface area (Å²) in [4.78, 5) is 9.89. The molecule has 1 unspecified atom stereocenters. The zero-order valence-corrected chi connectivity index (χ0v) is 20.7. The van der Waals surface area contributed by atoms with Crippen LogP contribution < -0.4 is 10.6 Å². The summed E-state index contributed by atoms with van der Waals surface area (Å²) in [5.74, 6) is 1.47. The lowest BCUT2D eigenvalue weighted by molar-refractivity contribution is 0.125. The van der Waals surface area contributed by atoms with E-state index in [0.717, 1.165) is 43.6 Å². The highest BCUT2D eigenvalue weighted by atomic mass is 127. The molecule has 0 radical (unpaired) electrons. The maximum absolute atomic E-state index is 5.94. The Morgan fingerprint density at radius 1 is 1.07 bits per heavy atom. The van der Waals surface area contributed by atoms with Crippen LogP contribution >= 0.6 is 35.6 Å². The quantitative estimate of drug-likeness (QED) is 0.297. The number of likely N-dealkylation sites (N-methyl/N-ethyl adjacent to an activating group) is 1. The summed E-state index contributed by atoms with van der Waals surface area (Å²) in [6.45, 7) is 16.3. The van der Waals surface area contributed by atoms with E-state index in [9.17, 15) is 0 Å². The normalized spacial score (nSPS) is 17.1. The van der Waals surface area contributed by atoms with Crippen LogP contribution in [0.5, 0.6) is 0 Å². The van der Waals surface area contributed by atoms with Gasteiger partial charge in [0.1, 0.15) is 0 Å². The number of rotatable bonds is 9. The van der Waals surface area contributed by atoms with Crippen LogP contribution in [0, 0.1) is 5.92 Å². The van der Waals surface area contributed by atoms with Crippen LogP contribution in [0.25, 0.3) is 0 Å². The maximum atomic E-state index is 5.94. The molecule has 0 aromatic heterocycles. The lowest BCUT2D eigenvalue weighted by Gasteiger charge is -2.35. The Morgan fingerprint density at radius 3 is 2.32 bits per heavy atom. The summed E-state index contributed by atoms with van der Waals surface area (Å²) < 4.78 is 0. The zero-order chi connectivity index (χ0) is 19.5. The fourth-order valence-corrected chi connectivity index (χ4v) is 3.48. The Kier molecular flexibility index (Phi) is 13.1. The van der Waals surface area contributed by atoms with Crippen LogP contribution in [0.15, 0.2) is 29.3 Å². The van der Waals surface area contributed by atoms with Crippen LogP contribution in [0.3, 0.4) is 0 Å². The van der Waals surface area contributed by atoms with Crippen molar-refractivity contribution in [3.63, 3.8) is 0 Å². The molecule has 1 aliphatic rings. The van der Waals surface area contributed by atoms with Gasteiger partial charge in [-0.15, -0.1) is 24.0 Å². The van der Waals surface area contributed by atoms with E-state index in [0.29, 0.717) is 5.92 Å². The molecule has 28 heavy (non-hydrogen) atoms. The van der Waals surface area contributed by atoms with Gasteiger partial charge < -0.3 is 20.4 Å². The van der Waals surface area contributed by atoms with Crippen molar-refractivity contribution >= 4 is 41.5 Å². The number of benzene rings is 1. The van der Waals surface area contributed by atoms with Gasteiger partial charge in [-0.2, -0.15) is 0 Å². The summed E-state index contributed by atoms with van der Waals surface area (Å²) in [5.41, 5.74) is 1.28. The van der Waals surface area contributed by atoms with Gasteiger partial charge in [-0.05, 0) is 43.5 Å². The van der Waals surface area contributed by atoms with Crippen LogP contribution in [-0.2, 0) is 6.42 Å². The third-order valence-electron chi connectivity index (χ3n) is 5.01. The summed E-state index contributed by atoms with van der Waals surface area (Å²) in [5, 5.41) is 7.57. The first-order chi connectivity index (χ1) is 13.1. The van der Waals surface area contributed by atoms with Gasteiger partial charge in [0.05, 0.1) is 0 Å². The first-order valence-corrected chi connectivity index (χ1v) is 10.7. The van der Waals surface area contributed by atoms with Crippen LogP contribution in [0.1, 0.15) is 26.3 Å². The number of nitrogens with zero attached hydrogens (tertiary/aromatic N) is 3. The highest BCUT2D eigenvalue weighted by Gasteiger charge is 2.17. The second kappa shape index (κ2) is 14.4. The highest BCUT2D eigenvalue weighted by Crippen LogP contribution is 2.09. The molecule has 2 rings (SSSR count). The van der Waals surface area contributed by atoms with Crippen molar-refractivity contribution in [2.45, 2.75) is 27.2 Å². The minimum atomic E-state index is 0. The van der Waals surface area contributed by atoms with E-state index in [-0.39, 0.29) is 24.0 Å². The standard InChI is InChI=1S/C21H36ClN5.HI/c1-4-23-21(24-11-10-19-6-8-20(22)9-7-19)25-16-18(3)17-27-14-12-26(5-2)13-15-27;/h6-9,18H,4-5,10-17H2,1-3H3,(H2,23,24,25);1H. The summed E-state index contributed by atoms with van der Waals surface area (Å²) >= 11 is 5.94. The maximum Gasteiger partial charge on any atom is 0.191 e. The molecule has 1 atom stereocenters. The summed E-state index contributed by atoms with van der Waals surface area (Å²) in [6.07, 6.45) is 0.957. The minimum absolute atomic E-state index is 0. The predicted octanol–water partition coefficient (Wildman–Crippen LogP) is 3.33. The molecule has 0 amide bonds. The molecule has 1 saturated heterocycles. The number of piperazine rings is 1. The molecule has 0 saturated carbocycles. The van der Waals surface area contributed by atoms with Crippen molar-refractivity contribution in [1.82, 2.24) is 20.4 Å². The lowest BCUT2D eigenvalue weighted by atomic mass is 10.1. The van der Waals surface area contributed by atoms with Crippen molar-refractivity contribution in [1.29, 1.82) is 0 Å². The molecule has 7 heteroatoms. The van der Waals surface area contributed by atoms with E-state index in [1.807, 2.05) is 12.1 Å². The minimum Gasteiger partial charge on any atom is -0.357 e. The predicted molar refractivity (Wildman–Crippen MR) is 132 cm³/mol. The summed E-state index contributed by atoms with van der Waals surface area (Å²) in [6, 6.07) is 8.04. The monoisotopic (exact) mass is 521 g/mol. The molecule has 1 heterocycles. The Morgan fingerprint density at radius 2 is 1.71 bits per heavy atom. The fraction of sp³-hybridized carbons (Fsp3) is 0.667. The average Bonchev–Trinajstić information content (AvgIpc) is 2.68. The Hall–Kier alpha value is -0.570. The van der Waals surface area contributed by atoms with E-state index in [1.54, 1.807) is 0 Å². The van der Waals surface area contributed by atoms with Crippen molar-refractivity contribution in [3.8, 4) is 0 Å². The van der Waals surface area contributed by atoms with E-state index >= 15 is 0 Å². The largest absolute Gasteiger partial charge is 0.357 e. The molecule has 2 N–H and O–H groups in total. The second-order valence-corrected chi connectivity index (χ2v) is 7.80. The van der Waals surface area contributed by atoms with Gasteiger partial charge in [-0.1, -0.05) is 37.6 Å². The van der Waals surface area contributed by atoms with Gasteiger partial charge in [-0.25, -0.2) is 0 Å². The fourth-order valence-electron chi connectivity index (χ4n) is 3.35. The van der Waals surface area contributed by atoms with Gasteiger partial charge in [-0.3, -0.25) is 4.99 Å². The van der Waals surface area contributed by atoms with Crippen LogP contribution in [-0.4, -0.2) is 74.7 Å². The van der Waals surface area contributed by atoms with Gasteiger partial charge >= 0.3 is 0 Å². The third-order valence-corrected chi connectivity index (χ3v) is 5.26. The van der Waals surface area contributed by atoms with Crippen molar-refractivity contribution < 1.29 is 0 Å². The smallest absolute Gasteiger partial charge is 0.191 e. The molecule has 1 aliphatic heterocycles. The molecule has 0 aliphatic carbocycles. The van der Waals surface area contributed by atoms with Crippen LogP contribution in [0.4, 0.5) is 0 Å². The second-order valence-electron chi connectivity index (χ2n) is 7.36. The molecular formula is C21H37ClIN5. The Bertz CT molecular complexity index is 558. The number of aliphatic imine (C=N–C) groups is 1. The average molecular weight is 522 g/mol. The molecule has 1 aromatic carbocycles. The SMILES string of the molecule is CCNC(=NCC(C)CN1CCN(CC)CC1)NCCc1ccc(Cl)cc1.I. The first-order valence-electron chi connectivity index (χ1n) is 10.3. The Balaban J connectivity index is 0.00000392. The molecule has 1 fully saturated rings. The van der Waals surface area contributed by atoms with Gasteiger partial charge in [0.15, 0.2) is 5.96 Å². The number of halogens is 2. The highest BCUT2D eigenvalue weighted by molar-refractivity contribution is 14.0. The molecular weight excluding hydrogens is 485 g/mol.